The summed E-state index contributed by atoms with van der Waals surface area (Å²) >= 11 is 0. The van der Waals surface area contributed by atoms with E-state index in [2.05, 4.69) is 34.5 Å². The topological polar surface area (TPSA) is 201 Å². The summed E-state index contributed by atoms with van der Waals surface area (Å²) in [6.07, 6.45) is 2.87. The third-order valence-electron chi connectivity index (χ3n) is 8.96. The van der Waals surface area contributed by atoms with Crippen molar-refractivity contribution < 1.29 is 29.6 Å². The molecule has 1 aromatic rings. The highest BCUT2D eigenvalue weighted by Gasteiger charge is 2.76. The summed E-state index contributed by atoms with van der Waals surface area (Å²) in [5.41, 5.74) is 13.4. The summed E-state index contributed by atoms with van der Waals surface area (Å²) in [5.74, 6) is -3.61. The van der Waals surface area contributed by atoms with Gasteiger partial charge in [0.05, 0.1) is 13.1 Å². The standard InChI is InChI=1S/C26H34N8O5/c1-24(2)9-8-13-4-3-5-14(15(13)10-24)21(37)30-17-12-34-23(28)29-16(11-33-18(35)6-7-19(33)36)20-25(34,26(17,38)39)32-22(27)31-20/h3-5,16-17,20,38-39H,6-12H2,1-2H3,(H2,28,29)(H,30,37)(H3,27,31,32)/p+1/t16-,17?,20-,25?/m0/s1. The van der Waals surface area contributed by atoms with Gasteiger partial charge in [0.25, 0.3) is 11.6 Å². The molecule has 0 radical (unpaired) electrons. The summed E-state index contributed by atoms with van der Waals surface area (Å²) in [4.78, 5) is 48.3. The van der Waals surface area contributed by atoms with E-state index >= 15 is 0 Å². The van der Waals surface area contributed by atoms with Gasteiger partial charge in [0, 0.05) is 18.4 Å². The molecular formula is C26H35N8O5+. The van der Waals surface area contributed by atoms with E-state index in [4.69, 9.17) is 11.5 Å². The lowest BCUT2D eigenvalue weighted by atomic mass is 9.73. The zero-order valence-electron chi connectivity index (χ0n) is 22.0. The molecule has 13 heteroatoms. The van der Waals surface area contributed by atoms with Crippen molar-refractivity contribution in [2.24, 2.45) is 21.9 Å². The molecule has 208 valence electrons. The molecule has 13 nitrogen and oxygen atoms in total. The Morgan fingerprint density at radius 3 is 2.64 bits per heavy atom. The van der Waals surface area contributed by atoms with Crippen molar-refractivity contribution in [3.8, 4) is 0 Å². The number of aliphatic hydroxyl groups is 2. The number of carbonyl (C=O) groups is 3. The molecule has 4 aliphatic heterocycles. The van der Waals surface area contributed by atoms with Gasteiger partial charge in [-0.3, -0.25) is 34.9 Å². The van der Waals surface area contributed by atoms with Crippen molar-refractivity contribution in [1.82, 2.24) is 20.4 Å². The second-order valence-corrected chi connectivity index (χ2v) is 12.0. The number of rotatable bonds is 4. The van der Waals surface area contributed by atoms with Crippen LogP contribution in [0.25, 0.3) is 0 Å². The second-order valence-electron chi connectivity index (χ2n) is 12.0. The Balaban J connectivity index is 1.31. The fraction of sp³-hybridized carbons (Fsp3) is 0.577. The first-order chi connectivity index (χ1) is 18.3. The fourth-order valence-corrected chi connectivity index (χ4v) is 6.90. The minimum Gasteiger partial charge on any atom is -0.370 e. The number of nitrogens with two attached hydrogens (primary N) is 2. The highest BCUT2D eigenvalue weighted by Crippen LogP contribution is 2.42. The van der Waals surface area contributed by atoms with Crippen LogP contribution >= 0.6 is 0 Å². The summed E-state index contributed by atoms with van der Waals surface area (Å²) in [5, 5.41) is 29.2. The van der Waals surface area contributed by atoms with Crippen molar-refractivity contribution in [3.63, 3.8) is 0 Å². The molecule has 2 saturated heterocycles. The Bertz CT molecular complexity index is 1320. The Morgan fingerprint density at radius 1 is 1.21 bits per heavy atom. The van der Waals surface area contributed by atoms with Crippen LogP contribution in [0.1, 0.15) is 54.6 Å². The number of benzene rings is 1. The molecule has 1 spiro atoms. The van der Waals surface area contributed by atoms with Gasteiger partial charge in [-0.1, -0.05) is 26.0 Å². The number of hydrogen-bond acceptors (Lipinski definition) is 10. The van der Waals surface area contributed by atoms with E-state index in [9.17, 15) is 24.6 Å². The van der Waals surface area contributed by atoms with Gasteiger partial charge in [-0.25, -0.2) is 10.3 Å². The van der Waals surface area contributed by atoms with Gasteiger partial charge in [0.1, 0.15) is 12.1 Å². The van der Waals surface area contributed by atoms with E-state index in [-0.39, 0.29) is 55.1 Å². The van der Waals surface area contributed by atoms with E-state index in [0.29, 0.717) is 5.56 Å². The lowest BCUT2D eigenvalue weighted by Crippen LogP contribution is -2.90. The number of carbonyl (C=O) groups excluding carboxylic acids is 3. The molecule has 1 aliphatic carbocycles. The van der Waals surface area contributed by atoms with Crippen LogP contribution in [0.15, 0.2) is 23.2 Å². The Hall–Kier alpha value is -3.71. The number of likely N-dealkylation sites (tertiary alicyclic amines) is 1. The molecule has 0 bridgehead atoms. The Kier molecular flexibility index (Phi) is 5.50. The molecule has 2 fully saturated rings. The number of imide groups is 1. The smallest absolute Gasteiger partial charge is 0.343 e. The summed E-state index contributed by atoms with van der Waals surface area (Å²) < 4.78 is 0. The van der Waals surface area contributed by atoms with Gasteiger partial charge in [-0.2, -0.15) is 0 Å². The van der Waals surface area contributed by atoms with Crippen LogP contribution in [0.3, 0.4) is 0 Å². The predicted molar refractivity (Wildman–Crippen MR) is 139 cm³/mol. The summed E-state index contributed by atoms with van der Waals surface area (Å²) in [6.45, 7) is 4.18. The highest BCUT2D eigenvalue weighted by atomic mass is 16.5. The number of guanidine groups is 2. The molecule has 4 atom stereocenters. The maximum atomic E-state index is 13.6. The molecule has 4 heterocycles. The second kappa shape index (κ2) is 8.39. The van der Waals surface area contributed by atoms with Gasteiger partial charge in [-0.15, -0.1) is 0 Å². The first-order valence-electron chi connectivity index (χ1n) is 13.3. The maximum Gasteiger partial charge on any atom is 0.343 e. The van der Waals surface area contributed by atoms with Crippen molar-refractivity contribution in [3.05, 3.63) is 34.9 Å². The number of amides is 3. The van der Waals surface area contributed by atoms with Crippen molar-refractivity contribution in [1.29, 1.82) is 0 Å². The van der Waals surface area contributed by atoms with E-state index in [0.717, 1.165) is 35.3 Å². The summed E-state index contributed by atoms with van der Waals surface area (Å²) in [6, 6.07) is 2.75. The van der Waals surface area contributed by atoms with Crippen LogP contribution in [0, 0.1) is 5.41 Å². The Labute approximate surface area is 225 Å². The maximum absolute atomic E-state index is 13.6. The highest BCUT2D eigenvalue weighted by molar-refractivity contribution is 6.02. The number of nitrogens with one attached hydrogen (secondary N) is 3. The molecule has 9 N–H and O–H groups in total. The van der Waals surface area contributed by atoms with Crippen molar-refractivity contribution in [2.75, 3.05) is 13.1 Å². The van der Waals surface area contributed by atoms with E-state index in [1.54, 1.807) is 6.07 Å². The average Bonchev–Trinajstić information content (AvgIpc) is 3.46. The SMILES string of the molecule is CC1(C)CCc2cccc(C(=O)NC3CN4C(N)=N[C@@H](CN5C(=O)CCC5=O)[C@@H]5[NH+]=C(N)NC54C3(O)O)c2C1. The van der Waals surface area contributed by atoms with Crippen LogP contribution in [0.2, 0.25) is 0 Å². The first-order valence-corrected chi connectivity index (χ1v) is 13.3. The molecule has 0 aromatic heterocycles. The molecule has 1 aromatic carbocycles. The normalized spacial score (nSPS) is 32.2. The largest absolute Gasteiger partial charge is 0.370 e. The van der Waals surface area contributed by atoms with Crippen LogP contribution in [-0.4, -0.2) is 92.3 Å². The number of aryl methyl sites for hydroxylation is 1. The minimum atomic E-state index is -2.58. The number of fused-ring (bicyclic) bond motifs is 1. The van der Waals surface area contributed by atoms with Crippen LogP contribution in [-0.2, 0) is 22.4 Å². The van der Waals surface area contributed by atoms with Gasteiger partial charge >= 0.3 is 5.96 Å². The fourth-order valence-electron chi connectivity index (χ4n) is 6.90. The molecule has 6 rings (SSSR count). The third kappa shape index (κ3) is 3.70. The van der Waals surface area contributed by atoms with Crippen molar-refractivity contribution >= 4 is 29.6 Å². The first kappa shape index (κ1) is 25.6. The van der Waals surface area contributed by atoms with Crippen LogP contribution < -0.4 is 27.1 Å². The van der Waals surface area contributed by atoms with Crippen LogP contribution in [0.4, 0.5) is 0 Å². The van der Waals surface area contributed by atoms with E-state index in [1.807, 2.05) is 12.1 Å². The predicted octanol–water partition coefficient (Wildman–Crippen LogP) is -3.79. The number of aliphatic imine (C=N–C) groups is 1. The lowest BCUT2D eigenvalue weighted by molar-refractivity contribution is -0.521. The lowest BCUT2D eigenvalue weighted by Gasteiger charge is -2.46. The monoisotopic (exact) mass is 539 g/mol. The molecular weight excluding hydrogens is 504 g/mol. The van der Waals surface area contributed by atoms with Crippen molar-refractivity contribution in [2.45, 2.75) is 75.5 Å². The average molecular weight is 540 g/mol. The van der Waals surface area contributed by atoms with E-state index in [1.165, 1.54) is 4.90 Å². The zero-order chi connectivity index (χ0) is 27.9. The molecule has 5 aliphatic rings. The minimum absolute atomic E-state index is 0.0255. The molecule has 3 amide bonds. The molecule has 39 heavy (non-hydrogen) atoms. The number of hydrogen-bond donors (Lipinski definition) is 7. The molecule has 0 saturated carbocycles. The zero-order valence-corrected chi connectivity index (χ0v) is 22.0. The summed E-state index contributed by atoms with van der Waals surface area (Å²) in [7, 11) is 0. The van der Waals surface area contributed by atoms with Gasteiger partial charge < -0.3 is 21.3 Å². The third-order valence-corrected chi connectivity index (χ3v) is 8.96. The Morgan fingerprint density at radius 2 is 1.92 bits per heavy atom. The van der Waals surface area contributed by atoms with Gasteiger partial charge in [0.15, 0.2) is 12.0 Å². The van der Waals surface area contributed by atoms with Gasteiger partial charge in [0.2, 0.25) is 17.6 Å². The molecule has 2 unspecified atom stereocenters. The number of nitrogens with zero attached hydrogens (tertiary/aromatic N) is 3. The van der Waals surface area contributed by atoms with Crippen LogP contribution in [0.5, 0.6) is 0 Å². The van der Waals surface area contributed by atoms with Gasteiger partial charge in [-0.05, 0) is 41.9 Å². The quantitative estimate of drug-likeness (QED) is 0.148. The van der Waals surface area contributed by atoms with E-state index < -0.39 is 35.5 Å².